The lowest BCUT2D eigenvalue weighted by Gasteiger charge is -2.26. The smallest absolute Gasteiger partial charge is 0.319 e. The molecule has 1 atom stereocenters. The summed E-state index contributed by atoms with van der Waals surface area (Å²) in [5, 5.41) is 0. The average molecular weight is 272 g/mol. The second kappa shape index (κ2) is 4.56. The van der Waals surface area contributed by atoms with Gasteiger partial charge in [0.15, 0.2) is 9.84 Å². The summed E-state index contributed by atoms with van der Waals surface area (Å²) in [6.07, 6.45) is 0.350. The van der Waals surface area contributed by atoms with Crippen LogP contribution in [0.4, 0.5) is 14.9 Å². The monoisotopic (exact) mass is 272 g/mol. The molecule has 1 heterocycles. The van der Waals surface area contributed by atoms with Crippen molar-refractivity contribution in [3.8, 4) is 0 Å². The van der Waals surface area contributed by atoms with E-state index in [1.54, 1.807) is 0 Å². The van der Waals surface area contributed by atoms with Crippen molar-refractivity contribution in [1.82, 2.24) is 0 Å². The normalized spacial score (nSPS) is 21.7. The van der Waals surface area contributed by atoms with Crippen LogP contribution in [0.5, 0.6) is 0 Å². The second-order valence-electron chi connectivity index (χ2n) is 4.24. The van der Waals surface area contributed by atoms with Crippen LogP contribution in [0.25, 0.3) is 0 Å². The molecule has 2 rings (SSSR count). The van der Waals surface area contributed by atoms with E-state index >= 15 is 0 Å². The van der Waals surface area contributed by atoms with Crippen LogP contribution in [-0.4, -0.2) is 32.0 Å². The van der Waals surface area contributed by atoms with Crippen LogP contribution in [0.1, 0.15) is 6.42 Å². The molecule has 1 aromatic rings. The number of nitrogens with two attached hydrogens (primary N) is 1. The van der Waals surface area contributed by atoms with Crippen LogP contribution in [-0.2, 0) is 9.84 Å². The molecule has 2 N–H and O–H groups in total. The number of benzene rings is 1. The third kappa shape index (κ3) is 2.61. The molecule has 1 aliphatic rings. The fourth-order valence-corrected chi connectivity index (χ4v) is 3.80. The van der Waals surface area contributed by atoms with Crippen molar-refractivity contribution >= 4 is 21.6 Å². The molecule has 0 bridgehead atoms. The first-order valence-electron chi connectivity index (χ1n) is 5.44. The number of rotatable bonds is 2. The molecule has 1 unspecified atom stereocenters. The SMILES string of the molecule is NC(=O)N(c1ccc(F)cc1)C1CCS(=O)(=O)C1. The molecule has 0 spiro atoms. The van der Waals surface area contributed by atoms with Gasteiger partial charge in [-0.2, -0.15) is 0 Å². The fourth-order valence-electron chi connectivity index (χ4n) is 2.10. The average Bonchev–Trinajstić information content (AvgIpc) is 2.61. The Morgan fingerprint density at radius 3 is 2.39 bits per heavy atom. The number of amides is 2. The Balaban J connectivity index is 2.30. The van der Waals surface area contributed by atoms with Crippen LogP contribution in [0, 0.1) is 5.82 Å². The van der Waals surface area contributed by atoms with Crippen molar-refractivity contribution < 1.29 is 17.6 Å². The maximum absolute atomic E-state index is 12.8. The molecule has 1 aliphatic heterocycles. The number of carbonyl (C=O) groups excluding carboxylic acids is 1. The number of anilines is 1. The minimum atomic E-state index is -3.11. The predicted octanol–water partition coefficient (Wildman–Crippen LogP) is 0.898. The third-order valence-electron chi connectivity index (χ3n) is 2.92. The van der Waals surface area contributed by atoms with Crippen molar-refractivity contribution in [2.24, 2.45) is 5.73 Å². The molecule has 7 heteroatoms. The van der Waals surface area contributed by atoms with Crippen LogP contribution < -0.4 is 10.6 Å². The first kappa shape index (κ1) is 12.8. The first-order chi connectivity index (χ1) is 8.39. The highest BCUT2D eigenvalue weighted by Crippen LogP contribution is 2.24. The standard InChI is InChI=1S/C11H13FN2O3S/c12-8-1-3-9(4-2-8)14(11(13)15)10-5-6-18(16,17)7-10/h1-4,10H,5-7H2,(H2,13,15). The van der Waals surface area contributed by atoms with Crippen LogP contribution in [0.15, 0.2) is 24.3 Å². The van der Waals surface area contributed by atoms with Gasteiger partial charge in [0, 0.05) is 5.69 Å². The van der Waals surface area contributed by atoms with Gasteiger partial charge in [-0.1, -0.05) is 0 Å². The van der Waals surface area contributed by atoms with E-state index in [0.29, 0.717) is 12.1 Å². The maximum atomic E-state index is 12.8. The Morgan fingerprint density at radius 1 is 1.33 bits per heavy atom. The van der Waals surface area contributed by atoms with E-state index < -0.39 is 27.7 Å². The van der Waals surface area contributed by atoms with Gasteiger partial charge >= 0.3 is 6.03 Å². The van der Waals surface area contributed by atoms with E-state index in [4.69, 9.17) is 5.73 Å². The summed E-state index contributed by atoms with van der Waals surface area (Å²) in [4.78, 5) is 12.7. The summed E-state index contributed by atoms with van der Waals surface area (Å²) in [5.41, 5.74) is 5.68. The molecule has 0 aromatic heterocycles. The number of halogens is 1. The first-order valence-corrected chi connectivity index (χ1v) is 7.26. The number of carbonyl (C=O) groups is 1. The molecular formula is C11H13FN2O3S. The highest BCUT2D eigenvalue weighted by atomic mass is 32.2. The number of nitrogens with zero attached hydrogens (tertiary/aromatic N) is 1. The van der Waals surface area contributed by atoms with E-state index in [2.05, 4.69) is 0 Å². The molecule has 2 amide bonds. The molecule has 5 nitrogen and oxygen atoms in total. The third-order valence-corrected chi connectivity index (χ3v) is 4.67. The Bertz CT molecular complexity index is 556. The summed E-state index contributed by atoms with van der Waals surface area (Å²) in [5.74, 6) is -0.488. The summed E-state index contributed by atoms with van der Waals surface area (Å²) in [6.45, 7) is 0. The number of urea groups is 1. The van der Waals surface area contributed by atoms with E-state index in [-0.39, 0.29) is 11.5 Å². The maximum Gasteiger partial charge on any atom is 0.319 e. The van der Waals surface area contributed by atoms with Gasteiger partial charge in [-0.25, -0.2) is 17.6 Å². The van der Waals surface area contributed by atoms with Gasteiger partial charge in [0.2, 0.25) is 0 Å². The molecule has 1 saturated heterocycles. The van der Waals surface area contributed by atoms with Gasteiger partial charge in [-0.3, -0.25) is 4.90 Å². The van der Waals surface area contributed by atoms with Crippen molar-refractivity contribution in [3.63, 3.8) is 0 Å². The summed E-state index contributed by atoms with van der Waals surface area (Å²) < 4.78 is 35.7. The second-order valence-corrected chi connectivity index (χ2v) is 6.47. The van der Waals surface area contributed by atoms with E-state index in [1.807, 2.05) is 0 Å². The van der Waals surface area contributed by atoms with E-state index in [0.717, 1.165) is 0 Å². The topological polar surface area (TPSA) is 80.5 Å². The van der Waals surface area contributed by atoms with E-state index in [9.17, 15) is 17.6 Å². The lowest BCUT2D eigenvalue weighted by molar-refractivity contribution is 0.252. The summed E-state index contributed by atoms with van der Waals surface area (Å²) in [7, 11) is -3.11. The molecule has 1 fully saturated rings. The lowest BCUT2D eigenvalue weighted by Crippen LogP contribution is -2.44. The molecule has 1 aromatic carbocycles. The summed E-state index contributed by atoms with van der Waals surface area (Å²) in [6, 6.07) is 4.01. The molecule has 18 heavy (non-hydrogen) atoms. The Kier molecular flexibility index (Phi) is 3.25. The van der Waals surface area contributed by atoms with Crippen LogP contribution >= 0.6 is 0 Å². The fraction of sp³-hybridized carbons (Fsp3) is 0.364. The van der Waals surface area contributed by atoms with Crippen molar-refractivity contribution in [2.45, 2.75) is 12.5 Å². The van der Waals surface area contributed by atoms with Crippen LogP contribution in [0.2, 0.25) is 0 Å². The molecular weight excluding hydrogens is 259 g/mol. The Hall–Kier alpha value is -1.63. The zero-order valence-corrected chi connectivity index (χ0v) is 10.4. The molecule has 0 radical (unpaired) electrons. The molecule has 0 aliphatic carbocycles. The zero-order chi connectivity index (χ0) is 13.3. The Labute approximate surface area is 104 Å². The quantitative estimate of drug-likeness (QED) is 0.868. The van der Waals surface area contributed by atoms with Gasteiger partial charge in [0.1, 0.15) is 5.82 Å². The van der Waals surface area contributed by atoms with Crippen molar-refractivity contribution in [2.75, 3.05) is 16.4 Å². The van der Waals surface area contributed by atoms with Crippen molar-refractivity contribution in [1.29, 1.82) is 0 Å². The predicted molar refractivity (Wildman–Crippen MR) is 65.5 cm³/mol. The minimum Gasteiger partial charge on any atom is -0.351 e. The molecule has 98 valence electrons. The highest BCUT2D eigenvalue weighted by molar-refractivity contribution is 7.91. The lowest BCUT2D eigenvalue weighted by atomic mass is 10.2. The number of hydrogen-bond donors (Lipinski definition) is 1. The van der Waals surface area contributed by atoms with Crippen LogP contribution in [0.3, 0.4) is 0 Å². The van der Waals surface area contributed by atoms with Gasteiger partial charge in [-0.15, -0.1) is 0 Å². The largest absolute Gasteiger partial charge is 0.351 e. The molecule has 0 saturated carbocycles. The summed E-state index contributed by atoms with van der Waals surface area (Å²) >= 11 is 0. The highest BCUT2D eigenvalue weighted by Gasteiger charge is 2.34. The van der Waals surface area contributed by atoms with Gasteiger partial charge in [-0.05, 0) is 30.7 Å². The van der Waals surface area contributed by atoms with Gasteiger partial charge in [0.05, 0.1) is 17.5 Å². The zero-order valence-electron chi connectivity index (χ0n) is 9.54. The van der Waals surface area contributed by atoms with Gasteiger partial charge < -0.3 is 5.73 Å². The van der Waals surface area contributed by atoms with Crippen molar-refractivity contribution in [3.05, 3.63) is 30.1 Å². The minimum absolute atomic E-state index is 0.0443. The van der Waals surface area contributed by atoms with Gasteiger partial charge in [0.25, 0.3) is 0 Å². The van der Waals surface area contributed by atoms with E-state index in [1.165, 1.54) is 29.2 Å². The Morgan fingerprint density at radius 2 is 1.94 bits per heavy atom. The number of primary amides is 1. The number of hydrogen-bond acceptors (Lipinski definition) is 3. The number of sulfone groups is 1.